The first-order valence-electron chi connectivity index (χ1n) is 7.97. The van der Waals surface area contributed by atoms with Gasteiger partial charge in [0.1, 0.15) is 6.04 Å². The Morgan fingerprint density at radius 3 is 2.48 bits per heavy atom. The minimum Gasteiger partial charge on any atom is -0.480 e. The molecule has 1 aliphatic heterocycles. The highest BCUT2D eigenvalue weighted by Crippen LogP contribution is 2.16. The molecule has 1 amide bonds. The van der Waals surface area contributed by atoms with Gasteiger partial charge in [0.15, 0.2) is 0 Å². The van der Waals surface area contributed by atoms with Gasteiger partial charge < -0.3 is 15.3 Å². The fourth-order valence-electron chi connectivity index (χ4n) is 2.83. The molecule has 0 radical (unpaired) electrons. The summed E-state index contributed by atoms with van der Waals surface area (Å²) >= 11 is 0. The van der Waals surface area contributed by atoms with E-state index in [1.54, 1.807) is 24.3 Å². The summed E-state index contributed by atoms with van der Waals surface area (Å²) in [6.07, 6.45) is 2.81. The number of likely N-dealkylation sites (N-methyl/N-ethyl adjacent to an activating group) is 1. The van der Waals surface area contributed by atoms with Crippen LogP contribution in [0.15, 0.2) is 24.3 Å². The van der Waals surface area contributed by atoms with Crippen molar-refractivity contribution < 1.29 is 23.1 Å². The third-order valence-electron chi connectivity index (χ3n) is 4.14. The monoisotopic (exact) mass is 369 g/mol. The molecule has 0 aliphatic carbocycles. The number of amides is 1. The summed E-state index contributed by atoms with van der Waals surface area (Å²) < 4.78 is 24.8. The fourth-order valence-corrected chi connectivity index (χ4v) is 3.40. The molecule has 1 saturated heterocycles. The summed E-state index contributed by atoms with van der Waals surface area (Å²) in [6, 6.07) is 5.12. The van der Waals surface area contributed by atoms with Crippen molar-refractivity contribution in [2.24, 2.45) is 0 Å². The van der Waals surface area contributed by atoms with E-state index in [0.717, 1.165) is 19.2 Å². The minimum absolute atomic E-state index is 0.142. The quantitative estimate of drug-likeness (QED) is 0.635. The van der Waals surface area contributed by atoms with Crippen molar-refractivity contribution in [3.63, 3.8) is 0 Å². The second-order valence-electron chi connectivity index (χ2n) is 6.23. The molecule has 2 rings (SSSR count). The van der Waals surface area contributed by atoms with Crippen molar-refractivity contribution in [1.82, 2.24) is 10.2 Å². The van der Waals surface area contributed by atoms with Crippen LogP contribution in [0.2, 0.25) is 0 Å². The number of anilines is 1. The maximum atomic E-state index is 12.4. The molecule has 1 aromatic carbocycles. The first-order valence-corrected chi connectivity index (χ1v) is 9.86. The van der Waals surface area contributed by atoms with Gasteiger partial charge in [-0.3, -0.25) is 9.52 Å². The van der Waals surface area contributed by atoms with Gasteiger partial charge in [-0.15, -0.1) is 0 Å². The molecular formula is C16H23N3O5S. The lowest BCUT2D eigenvalue weighted by atomic mass is 10.0. The average molecular weight is 369 g/mol. The number of nitrogens with one attached hydrogen (secondary N) is 2. The van der Waals surface area contributed by atoms with Gasteiger partial charge in [-0.25, -0.2) is 13.2 Å². The van der Waals surface area contributed by atoms with Gasteiger partial charge in [0.25, 0.3) is 0 Å². The topological polar surface area (TPSA) is 116 Å². The third kappa shape index (κ3) is 5.43. The van der Waals surface area contributed by atoms with E-state index < -0.39 is 22.0 Å². The Labute approximate surface area is 147 Å². The largest absolute Gasteiger partial charge is 0.480 e. The van der Waals surface area contributed by atoms with Crippen molar-refractivity contribution in [3.8, 4) is 0 Å². The third-order valence-corrected chi connectivity index (χ3v) is 4.75. The first kappa shape index (κ1) is 19.2. The number of nitrogens with zero attached hydrogens (tertiary/aromatic N) is 1. The lowest BCUT2D eigenvalue weighted by Gasteiger charge is -2.27. The molecule has 1 aromatic rings. The molecular weight excluding hydrogens is 346 g/mol. The number of hydrogen-bond donors (Lipinski definition) is 3. The normalized spacial score (nSPS) is 18.6. The van der Waals surface area contributed by atoms with Crippen LogP contribution in [0.25, 0.3) is 0 Å². The van der Waals surface area contributed by atoms with Crippen molar-refractivity contribution >= 4 is 27.6 Å². The summed E-state index contributed by atoms with van der Waals surface area (Å²) in [4.78, 5) is 25.3. The van der Waals surface area contributed by atoms with Crippen LogP contribution in [-0.4, -0.2) is 62.2 Å². The summed E-state index contributed by atoms with van der Waals surface area (Å²) in [5, 5.41) is 12.6. The zero-order valence-corrected chi connectivity index (χ0v) is 15.0. The molecule has 1 heterocycles. The number of benzene rings is 1. The van der Waals surface area contributed by atoms with Crippen LogP contribution in [0.4, 0.5) is 5.69 Å². The summed E-state index contributed by atoms with van der Waals surface area (Å²) in [6.45, 7) is 0.761. The molecule has 0 bridgehead atoms. The number of carboxylic acid groups (broad SMARTS) is 1. The molecule has 1 fully saturated rings. The lowest BCUT2D eigenvalue weighted by Crippen LogP contribution is -2.50. The van der Waals surface area contributed by atoms with Gasteiger partial charge in [-0.2, -0.15) is 0 Å². The van der Waals surface area contributed by atoms with Crippen LogP contribution in [0.1, 0.15) is 18.4 Å². The Hall–Kier alpha value is -2.13. The van der Waals surface area contributed by atoms with Crippen LogP contribution in [0.3, 0.4) is 0 Å². The van der Waals surface area contributed by atoms with E-state index in [-0.39, 0.29) is 18.4 Å². The molecule has 3 N–H and O–H groups in total. The van der Waals surface area contributed by atoms with Crippen molar-refractivity contribution in [2.45, 2.75) is 31.3 Å². The average Bonchev–Trinajstić information content (AvgIpc) is 3.05. The van der Waals surface area contributed by atoms with E-state index in [9.17, 15) is 23.1 Å². The maximum absolute atomic E-state index is 12.4. The highest BCUT2D eigenvalue weighted by atomic mass is 32.2. The van der Waals surface area contributed by atoms with Gasteiger partial charge in [0.05, 0.1) is 12.3 Å². The zero-order valence-electron chi connectivity index (χ0n) is 14.2. The maximum Gasteiger partial charge on any atom is 0.326 e. The smallest absolute Gasteiger partial charge is 0.326 e. The van der Waals surface area contributed by atoms with E-state index in [0.29, 0.717) is 17.7 Å². The zero-order chi connectivity index (χ0) is 18.6. The molecule has 8 nitrogen and oxygen atoms in total. The van der Waals surface area contributed by atoms with E-state index >= 15 is 0 Å². The molecule has 0 aromatic heterocycles. The predicted molar refractivity (Wildman–Crippen MR) is 93.8 cm³/mol. The Morgan fingerprint density at radius 2 is 2.00 bits per heavy atom. The predicted octanol–water partition coefficient (Wildman–Crippen LogP) is 0.264. The van der Waals surface area contributed by atoms with Crippen molar-refractivity contribution in [1.29, 1.82) is 0 Å². The van der Waals surface area contributed by atoms with E-state index in [2.05, 4.69) is 10.0 Å². The number of carboxylic acids is 1. The number of rotatable bonds is 7. The number of hydrogen-bond acceptors (Lipinski definition) is 5. The van der Waals surface area contributed by atoms with Crippen LogP contribution in [-0.2, 0) is 26.0 Å². The van der Waals surface area contributed by atoms with Gasteiger partial charge in [0.2, 0.25) is 15.9 Å². The Balaban J connectivity index is 2.08. The van der Waals surface area contributed by atoms with Crippen LogP contribution >= 0.6 is 0 Å². The summed E-state index contributed by atoms with van der Waals surface area (Å²) in [5.74, 6) is -1.30. The van der Waals surface area contributed by atoms with Crippen molar-refractivity contribution in [2.75, 3.05) is 24.6 Å². The Morgan fingerprint density at radius 1 is 1.36 bits per heavy atom. The second-order valence-corrected chi connectivity index (χ2v) is 7.98. The molecule has 138 valence electrons. The van der Waals surface area contributed by atoms with E-state index in [1.165, 1.54) is 11.9 Å². The molecule has 0 saturated carbocycles. The fraction of sp³-hybridized carbons (Fsp3) is 0.500. The van der Waals surface area contributed by atoms with Gasteiger partial charge in [-0.05, 0) is 37.1 Å². The molecule has 9 heteroatoms. The number of sulfonamides is 1. The van der Waals surface area contributed by atoms with Crippen LogP contribution < -0.4 is 10.0 Å². The molecule has 2 atom stereocenters. The summed E-state index contributed by atoms with van der Waals surface area (Å²) in [5.41, 5.74) is 1.10. The SMILES string of the molecule is CN(C(=O)[C@@H]1CCCN1)[C@@H](Cc1ccc(NS(C)(=O)=O)cc1)C(=O)O. The standard InChI is InChI=1S/C16H23N3O5S/c1-19(15(20)13-4-3-9-17-13)14(16(21)22)10-11-5-7-12(8-6-11)18-25(2,23)24/h5-8,13-14,17-18H,3-4,9-10H2,1-2H3,(H,21,22)/t13-,14-/m0/s1. The van der Waals surface area contributed by atoms with Gasteiger partial charge >= 0.3 is 5.97 Å². The highest BCUT2D eigenvalue weighted by Gasteiger charge is 2.32. The number of carbonyl (C=O) groups excluding carboxylic acids is 1. The number of carbonyl (C=O) groups is 2. The van der Waals surface area contributed by atoms with Crippen molar-refractivity contribution in [3.05, 3.63) is 29.8 Å². The summed E-state index contributed by atoms with van der Waals surface area (Å²) in [7, 11) is -1.86. The molecule has 0 spiro atoms. The van der Waals surface area contributed by atoms with Crippen LogP contribution in [0, 0.1) is 0 Å². The molecule has 1 aliphatic rings. The Kier molecular flexibility index (Phi) is 6.02. The first-order chi connectivity index (χ1) is 11.7. The van der Waals surface area contributed by atoms with Crippen LogP contribution in [0.5, 0.6) is 0 Å². The highest BCUT2D eigenvalue weighted by molar-refractivity contribution is 7.92. The van der Waals surface area contributed by atoms with E-state index in [1.807, 2.05) is 0 Å². The number of aliphatic carboxylic acids is 1. The second kappa shape index (κ2) is 7.83. The lowest BCUT2D eigenvalue weighted by molar-refractivity contribution is -0.149. The molecule has 25 heavy (non-hydrogen) atoms. The molecule has 0 unspecified atom stereocenters. The minimum atomic E-state index is -3.36. The van der Waals surface area contributed by atoms with Gasteiger partial charge in [0, 0.05) is 19.2 Å². The van der Waals surface area contributed by atoms with E-state index in [4.69, 9.17) is 0 Å². The Bertz CT molecular complexity index is 727. The van der Waals surface area contributed by atoms with Gasteiger partial charge in [-0.1, -0.05) is 12.1 Å².